The summed E-state index contributed by atoms with van der Waals surface area (Å²) in [6.45, 7) is 6.25. The largest absolute Gasteiger partial charge is 0.344 e. The van der Waals surface area contributed by atoms with Crippen molar-refractivity contribution in [1.29, 1.82) is 0 Å². The van der Waals surface area contributed by atoms with Crippen molar-refractivity contribution in [1.82, 2.24) is 25.3 Å². The first-order chi connectivity index (χ1) is 12.5. The van der Waals surface area contributed by atoms with Crippen LogP contribution in [0.2, 0.25) is 0 Å². The number of hydrogen-bond acceptors (Lipinski definition) is 5. The third-order valence-corrected chi connectivity index (χ3v) is 5.07. The number of nitrogens with two attached hydrogens (primary N) is 1. The van der Waals surface area contributed by atoms with Gasteiger partial charge in [-0.1, -0.05) is 37.3 Å². The zero-order valence-corrected chi connectivity index (χ0v) is 17.8. The Kier molecular flexibility index (Phi) is 8.35. The fourth-order valence-electron chi connectivity index (χ4n) is 3.09. The Morgan fingerprint density at radius 1 is 1.18 bits per heavy atom. The highest BCUT2D eigenvalue weighted by atomic mass is 35.5. The van der Waals surface area contributed by atoms with Gasteiger partial charge in [-0.2, -0.15) is 0 Å². The summed E-state index contributed by atoms with van der Waals surface area (Å²) in [6.07, 6.45) is 3.25. The van der Waals surface area contributed by atoms with E-state index >= 15 is 0 Å². The van der Waals surface area contributed by atoms with Crippen molar-refractivity contribution in [2.45, 2.75) is 39.2 Å². The molecular formula is C19H26Cl2N6O. The lowest BCUT2D eigenvalue weighted by Gasteiger charge is -2.31. The van der Waals surface area contributed by atoms with Crippen molar-refractivity contribution >= 4 is 41.6 Å². The molecule has 3 aromatic rings. The van der Waals surface area contributed by atoms with Gasteiger partial charge in [-0.25, -0.2) is 4.68 Å². The highest BCUT2D eigenvalue weighted by molar-refractivity contribution is 5.94. The molecule has 1 aromatic carbocycles. The normalized spacial score (nSPS) is 10.9. The Hall–Kier alpha value is -2.22. The molecule has 9 heteroatoms. The van der Waals surface area contributed by atoms with Crippen molar-refractivity contribution in [2.24, 2.45) is 5.73 Å². The lowest BCUT2D eigenvalue weighted by molar-refractivity contribution is 0.0889. The third kappa shape index (κ3) is 4.27. The minimum Gasteiger partial charge on any atom is -0.344 e. The number of amides is 1. The van der Waals surface area contributed by atoms with E-state index in [4.69, 9.17) is 5.73 Å². The zero-order chi connectivity index (χ0) is 18.7. The molecule has 0 aliphatic rings. The van der Waals surface area contributed by atoms with Gasteiger partial charge in [0.05, 0.1) is 22.4 Å². The fourth-order valence-corrected chi connectivity index (χ4v) is 3.09. The van der Waals surface area contributed by atoms with Crippen LogP contribution in [-0.4, -0.2) is 38.0 Å². The van der Waals surface area contributed by atoms with Gasteiger partial charge in [0.1, 0.15) is 0 Å². The van der Waals surface area contributed by atoms with E-state index in [1.807, 2.05) is 51.1 Å². The summed E-state index contributed by atoms with van der Waals surface area (Å²) in [5.74, 6) is -0.254. The summed E-state index contributed by atoms with van der Waals surface area (Å²) in [4.78, 5) is 17.2. The van der Waals surface area contributed by atoms with Gasteiger partial charge in [0.2, 0.25) is 0 Å². The molecule has 0 radical (unpaired) electrons. The number of para-hydroxylation sites is 1. The quantitative estimate of drug-likeness (QED) is 0.632. The molecule has 0 aliphatic heterocycles. The summed E-state index contributed by atoms with van der Waals surface area (Å²) in [6, 6.07) is 9.73. The average Bonchev–Trinajstić information content (AvgIpc) is 3.07. The molecule has 2 aromatic heterocycles. The van der Waals surface area contributed by atoms with Gasteiger partial charge in [0.15, 0.2) is 5.69 Å². The zero-order valence-electron chi connectivity index (χ0n) is 16.2. The number of halogens is 2. The molecule has 0 unspecified atom stereocenters. The van der Waals surface area contributed by atoms with Gasteiger partial charge in [-0.3, -0.25) is 9.78 Å². The van der Waals surface area contributed by atoms with Crippen LogP contribution in [0.25, 0.3) is 16.6 Å². The van der Waals surface area contributed by atoms with Crippen molar-refractivity contribution in [3.8, 4) is 5.69 Å². The van der Waals surface area contributed by atoms with E-state index in [9.17, 15) is 4.79 Å². The monoisotopic (exact) mass is 424 g/mol. The molecule has 1 amide bonds. The Bertz CT molecular complexity index is 926. The van der Waals surface area contributed by atoms with Crippen molar-refractivity contribution < 1.29 is 4.79 Å². The smallest absolute Gasteiger partial charge is 0.274 e. The first kappa shape index (κ1) is 23.8. The molecule has 0 saturated heterocycles. The fraction of sp³-hybridized carbons (Fsp3) is 0.368. The van der Waals surface area contributed by atoms with Crippen LogP contribution in [0.4, 0.5) is 0 Å². The van der Waals surface area contributed by atoms with Gasteiger partial charge in [0, 0.05) is 18.1 Å². The Labute approximate surface area is 176 Å². The van der Waals surface area contributed by atoms with E-state index in [1.54, 1.807) is 10.9 Å². The molecule has 152 valence electrons. The Morgan fingerprint density at radius 2 is 1.86 bits per heavy atom. The molecule has 0 saturated carbocycles. The van der Waals surface area contributed by atoms with Gasteiger partial charge in [0.25, 0.3) is 5.91 Å². The number of rotatable bonds is 6. The van der Waals surface area contributed by atoms with Crippen LogP contribution < -0.4 is 11.1 Å². The summed E-state index contributed by atoms with van der Waals surface area (Å²) < 4.78 is 1.66. The second-order valence-electron chi connectivity index (χ2n) is 6.43. The van der Waals surface area contributed by atoms with E-state index in [0.717, 1.165) is 29.4 Å². The second kappa shape index (κ2) is 9.82. The highest BCUT2D eigenvalue weighted by Gasteiger charge is 2.29. The molecule has 2 heterocycles. The lowest BCUT2D eigenvalue weighted by atomic mass is 9.92. The highest BCUT2D eigenvalue weighted by Crippen LogP contribution is 2.22. The maximum absolute atomic E-state index is 12.8. The first-order valence-corrected chi connectivity index (χ1v) is 8.84. The topological polar surface area (TPSA) is 98.7 Å². The van der Waals surface area contributed by atoms with Crippen molar-refractivity contribution in [3.05, 3.63) is 47.9 Å². The SMILES string of the molecule is CCC(CC)(CN)NC(=O)c1nnn(-c2cccc3cccnc23)c1C.Cl.Cl. The lowest BCUT2D eigenvalue weighted by Crippen LogP contribution is -2.53. The van der Waals surface area contributed by atoms with E-state index in [0.29, 0.717) is 17.9 Å². The molecule has 0 atom stereocenters. The van der Waals surface area contributed by atoms with Crippen LogP contribution in [0.3, 0.4) is 0 Å². The van der Waals surface area contributed by atoms with Crippen molar-refractivity contribution in [2.75, 3.05) is 6.54 Å². The molecule has 0 bridgehead atoms. The number of pyridine rings is 1. The summed E-state index contributed by atoms with van der Waals surface area (Å²) >= 11 is 0. The number of nitrogens with one attached hydrogen (secondary N) is 1. The molecule has 28 heavy (non-hydrogen) atoms. The van der Waals surface area contributed by atoms with Crippen LogP contribution in [-0.2, 0) is 0 Å². The Balaban J connectivity index is 0.00000196. The maximum Gasteiger partial charge on any atom is 0.274 e. The molecule has 7 nitrogen and oxygen atoms in total. The number of nitrogens with zero attached hydrogens (tertiary/aromatic N) is 4. The predicted molar refractivity (Wildman–Crippen MR) is 116 cm³/mol. The number of carbonyl (C=O) groups excluding carboxylic acids is 1. The van der Waals surface area contributed by atoms with Crippen LogP contribution in [0.15, 0.2) is 36.5 Å². The standard InChI is InChI=1S/C19H24N6O.2ClH/c1-4-19(5-2,12-20)22-18(26)16-13(3)25(24-23-16)15-10-6-8-14-9-7-11-21-17(14)15;;/h6-11H,4-5,12,20H2,1-3H3,(H,22,26);2*1H. The molecule has 0 aliphatic carbocycles. The van der Waals surface area contributed by atoms with Crippen LogP contribution in [0.5, 0.6) is 0 Å². The molecule has 0 fully saturated rings. The van der Waals surface area contributed by atoms with E-state index in [-0.39, 0.29) is 30.7 Å². The number of fused-ring (bicyclic) bond motifs is 1. The van der Waals surface area contributed by atoms with E-state index in [2.05, 4.69) is 20.6 Å². The van der Waals surface area contributed by atoms with Gasteiger partial charge in [-0.05, 0) is 31.9 Å². The van der Waals surface area contributed by atoms with E-state index in [1.165, 1.54) is 0 Å². The molecular weight excluding hydrogens is 399 g/mol. The van der Waals surface area contributed by atoms with E-state index < -0.39 is 5.54 Å². The van der Waals surface area contributed by atoms with Gasteiger partial charge in [-0.15, -0.1) is 29.9 Å². The third-order valence-electron chi connectivity index (χ3n) is 5.07. The molecule has 3 rings (SSSR count). The molecule has 0 spiro atoms. The molecule has 3 N–H and O–H groups in total. The summed E-state index contributed by atoms with van der Waals surface area (Å²) in [5, 5.41) is 12.4. The van der Waals surface area contributed by atoms with Crippen LogP contribution in [0, 0.1) is 6.92 Å². The number of carbonyl (C=O) groups is 1. The van der Waals surface area contributed by atoms with Crippen LogP contribution >= 0.6 is 24.8 Å². The maximum atomic E-state index is 12.8. The summed E-state index contributed by atoms with van der Waals surface area (Å²) in [7, 11) is 0. The minimum atomic E-state index is -0.422. The minimum absolute atomic E-state index is 0. The number of hydrogen-bond donors (Lipinski definition) is 2. The predicted octanol–water partition coefficient (Wildman–Crippen LogP) is 3.21. The average molecular weight is 425 g/mol. The van der Waals surface area contributed by atoms with Gasteiger partial charge < -0.3 is 11.1 Å². The van der Waals surface area contributed by atoms with Crippen molar-refractivity contribution in [3.63, 3.8) is 0 Å². The first-order valence-electron chi connectivity index (χ1n) is 8.84. The number of benzene rings is 1. The Morgan fingerprint density at radius 3 is 2.50 bits per heavy atom. The van der Waals surface area contributed by atoms with Crippen LogP contribution in [0.1, 0.15) is 42.9 Å². The number of aromatic nitrogens is 4. The second-order valence-corrected chi connectivity index (χ2v) is 6.43. The van der Waals surface area contributed by atoms with Gasteiger partial charge >= 0.3 is 0 Å². The summed E-state index contributed by atoms with van der Waals surface area (Å²) in [5.41, 5.74) is 8.04.